The van der Waals surface area contributed by atoms with Crippen LogP contribution in [0.3, 0.4) is 0 Å². The van der Waals surface area contributed by atoms with Crippen LogP contribution in [0.4, 0.5) is 4.79 Å². The van der Waals surface area contributed by atoms with Crippen molar-refractivity contribution in [1.29, 1.82) is 0 Å². The van der Waals surface area contributed by atoms with Crippen molar-refractivity contribution >= 4 is 6.09 Å². The summed E-state index contributed by atoms with van der Waals surface area (Å²) in [5, 5.41) is 2.80. The van der Waals surface area contributed by atoms with E-state index in [4.69, 9.17) is 4.74 Å². The largest absolute Gasteiger partial charge is 0.449 e. The molecule has 1 aliphatic rings. The van der Waals surface area contributed by atoms with Gasteiger partial charge in [0.05, 0.1) is 6.61 Å². The van der Waals surface area contributed by atoms with Gasteiger partial charge in [0, 0.05) is 12.0 Å². The molecule has 1 fully saturated rings. The van der Waals surface area contributed by atoms with E-state index in [0.29, 0.717) is 18.4 Å². The molecule has 0 aromatic carbocycles. The van der Waals surface area contributed by atoms with Crippen LogP contribution in [0.15, 0.2) is 0 Å². The first-order valence-corrected chi connectivity index (χ1v) is 4.04. The van der Waals surface area contributed by atoms with E-state index in [-0.39, 0.29) is 12.1 Å². The average molecular weight is 157 g/mol. The minimum atomic E-state index is -0.276. The van der Waals surface area contributed by atoms with Crippen LogP contribution in [0.25, 0.3) is 0 Å². The molecule has 2 atom stereocenters. The van der Waals surface area contributed by atoms with Gasteiger partial charge in [-0.05, 0) is 5.92 Å². The second-order valence-corrected chi connectivity index (χ2v) is 3.49. The molecule has 1 N–H and O–H groups in total. The molecule has 0 saturated carbocycles. The lowest BCUT2D eigenvalue weighted by molar-refractivity contribution is 0.0755. The molecule has 0 aliphatic carbocycles. The second kappa shape index (κ2) is 3.11. The lowest BCUT2D eigenvalue weighted by Crippen LogP contribution is -2.49. The van der Waals surface area contributed by atoms with Gasteiger partial charge >= 0.3 is 6.09 Å². The number of nitrogens with one attached hydrogen (secondary N) is 1. The fraction of sp³-hybridized carbons (Fsp3) is 0.875. The summed E-state index contributed by atoms with van der Waals surface area (Å²) in [4.78, 5) is 10.8. The fourth-order valence-corrected chi connectivity index (χ4v) is 1.45. The number of carbonyl (C=O) groups excluding carboxylic acids is 1. The third-order valence-corrected chi connectivity index (χ3v) is 2.09. The number of rotatable bonds is 1. The second-order valence-electron chi connectivity index (χ2n) is 3.49. The molecule has 1 rings (SSSR count). The van der Waals surface area contributed by atoms with Crippen molar-refractivity contribution in [2.45, 2.75) is 26.8 Å². The SMILES string of the molecule is CC(C)[C@@H]1NC(=O)OC[C@H]1C. The minimum Gasteiger partial charge on any atom is -0.449 e. The molecular weight excluding hydrogens is 142 g/mol. The van der Waals surface area contributed by atoms with Crippen LogP contribution in [0.2, 0.25) is 0 Å². The lowest BCUT2D eigenvalue weighted by atomic mass is 9.92. The van der Waals surface area contributed by atoms with E-state index < -0.39 is 0 Å². The van der Waals surface area contributed by atoms with Gasteiger partial charge in [0.2, 0.25) is 0 Å². The Bertz CT molecular complexity index is 156. The molecule has 1 heterocycles. The molecule has 0 aromatic rings. The smallest absolute Gasteiger partial charge is 0.407 e. The minimum absolute atomic E-state index is 0.274. The first-order chi connectivity index (χ1) is 5.11. The zero-order chi connectivity index (χ0) is 8.43. The fourth-order valence-electron chi connectivity index (χ4n) is 1.45. The molecule has 0 bridgehead atoms. The maximum atomic E-state index is 10.8. The third-order valence-electron chi connectivity index (χ3n) is 2.09. The summed E-state index contributed by atoms with van der Waals surface area (Å²) in [5.41, 5.74) is 0. The van der Waals surface area contributed by atoms with Gasteiger partial charge in [-0.3, -0.25) is 0 Å². The Morgan fingerprint density at radius 1 is 1.64 bits per heavy atom. The maximum absolute atomic E-state index is 10.8. The predicted molar refractivity (Wildman–Crippen MR) is 42.3 cm³/mol. The standard InChI is InChI=1S/C8H15NO2/c1-5(2)7-6(3)4-11-8(10)9-7/h5-7H,4H2,1-3H3,(H,9,10)/t6-,7+/m1/s1. The summed E-state index contributed by atoms with van der Waals surface area (Å²) in [6, 6.07) is 0.274. The lowest BCUT2D eigenvalue weighted by Gasteiger charge is -2.32. The Morgan fingerprint density at radius 3 is 2.73 bits per heavy atom. The van der Waals surface area contributed by atoms with Gasteiger partial charge in [0.1, 0.15) is 0 Å². The van der Waals surface area contributed by atoms with Crippen molar-refractivity contribution in [2.24, 2.45) is 11.8 Å². The summed E-state index contributed by atoms with van der Waals surface area (Å²) < 4.78 is 4.82. The van der Waals surface area contributed by atoms with Crippen LogP contribution in [-0.4, -0.2) is 18.7 Å². The van der Waals surface area contributed by atoms with Gasteiger partial charge in [0.15, 0.2) is 0 Å². The van der Waals surface area contributed by atoms with Gasteiger partial charge in [0.25, 0.3) is 0 Å². The zero-order valence-corrected chi connectivity index (χ0v) is 7.26. The summed E-state index contributed by atoms with van der Waals surface area (Å²) >= 11 is 0. The number of carbonyl (C=O) groups is 1. The monoisotopic (exact) mass is 157 g/mol. The van der Waals surface area contributed by atoms with Gasteiger partial charge in [-0.2, -0.15) is 0 Å². The van der Waals surface area contributed by atoms with Crippen molar-refractivity contribution in [1.82, 2.24) is 5.32 Å². The highest BCUT2D eigenvalue weighted by Crippen LogP contribution is 2.16. The first-order valence-electron chi connectivity index (χ1n) is 4.04. The molecule has 0 radical (unpaired) electrons. The molecule has 0 unspecified atom stereocenters. The van der Waals surface area contributed by atoms with E-state index in [1.54, 1.807) is 0 Å². The van der Waals surface area contributed by atoms with Gasteiger partial charge in [-0.25, -0.2) is 4.79 Å². The normalized spacial score (nSPS) is 31.5. The van der Waals surface area contributed by atoms with E-state index in [1.165, 1.54) is 0 Å². The van der Waals surface area contributed by atoms with E-state index in [2.05, 4.69) is 26.1 Å². The van der Waals surface area contributed by atoms with E-state index in [1.807, 2.05) is 0 Å². The quantitative estimate of drug-likeness (QED) is 0.624. The number of hydrogen-bond donors (Lipinski definition) is 1. The van der Waals surface area contributed by atoms with Gasteiger partial charge < -0.3 is 10.1 Å². The van der Waals surface area contributed by atoms with Crippen LogP contribution < -0.4 is 5.32 Å². The number of ether oxygens (including phenoxy) is 1. The predicted octanol–water partition coefficient (Wildman–Crippen LogP) is 1.39. The molecule has 1 saturated heterocycles. The Hall–Kier alpha value is -0.730. The topological polar surface area (TPSA) is 38.3 Å². The summed E-state index contributed by atoms with van der Waals surface area (Å²) in [6.45, 7) is 6.85. The molecule has 64 valence electrons. The molecular formula is C8H15NO2. The van der Waals surface area contributed by atoms with Crippen LogP contribution in [0.5, 0.6) is 0 Å². The summed E-state index contributed by atoms with van der Waals surface area (Å²) in [6.07, 6.45) is -0.276. The van der Waals surface area contributed by atoms with Crippen molar-refractivity contribution in [3.8, 4) is 0 Å². The third kappa shape index (κ3) is 1.85. The van der Waals surface area contributed by atoms with E-state index in [9.17, 15) is 4.79 Å². The Balaban J connectivity index is 2.54. The summed E-state index contributed by atoms with van der Waals surface area (Å²) in [5.74, 6) is 0.908. The molecule has 3 nitrogen and oxygen atoms in total. The molecule has 1 amide bonds. The van der Waals surface area contributed by atoms with Crippen molar-refractivity contribution in [2.75, 3.05) is 6.61 Å². The van der Waals surface area contributed by atoms with Crippen LogP contribution in [0.1, 0.15) is 20.8 Å². The average Bonchev–Trinajstić information content (AvgIpc) is 1.94. The highest BCUT2D eigenvalue weighted by Gasteiger charge is 2.28. The Kier molecular flexibility index (Phi) is 2.37. The first kappa shape index (κ1) is 8.37. The molecule has 3 heteroatoms. The number of cyclic esters (lactones) is 1. The van der Waals surface area contributed by atoms with Crippen LogP contribution >= 0.6 is 0 Å². The molecule has 1 aliphatic heterocycles. The molecule has 0 spiro atoms. The Labute approximate surface area is 67.1 Å². The highest BCUT2D eigenvalue weighted by molar-refractivity contribution is 5.68. The van der Waals surface area contributed by atoms with Gasteiger partial charge in [-0.15, -0.1) is 0 Å². The highest BCUT2D eigenvalue weighted by atomic mass is 16.6. The zero-order valence-electron chi connectivity index (χ0n) is 7.26. The van der Waals surface area contributed by atoms with E-state index in [0.717, 1.165) is 0 Å². The number of amides is 1. The van der Waals surface area contributed by atoms with Crippen molar-refractivity contribution in [3.05, 3.63) is 0 Å². The van der Waals surface area contributed by atoms with Crippen LogP contribution in [-0.2, 0) is 4.74 Å². The number of alkyl carbamates (subject to hydrolysis) is 1. The van der Waals surface area contributed by atoms with Crippen molar-refractivity contribution in [3.63, 3.8) is 0 Å². The maximum Gasteiger partial charge on any atom is 0.407 e. The van der Waals surface area contributed by atoms with Gasteiger partial charge in [-0.1, -0.05) is 20.8 Å². The van der Waals surface area contributed by atoms with Crippen molar-refractivity contribution < 1.29 is 9.53 Å². The van der Waals surface area contributed by atoms with Crippen LogP contribution in [0, 0.1) is 11.8 Å². The Morgan fingerprint density at radius 2 is 2.27 bits per heavy atom. The molecule has 11 heavy (non-hydrogen) atoms. The number of hydrogen-bond acceptors (Lipinski definition) is 2. The molecule has 0 aromatic heterocycles. The van der Waals surface area contributed by atoms with E-state index >= 15 is 0 Å². The summed E-state index contributed by atoms with van der Waals surface area (Å²) in [7, 11) is 0.